The number of hydrogen-bond donors (Lipinski definition) is 0. The molecule has 122 valence electrons. The fraction of sp³-hybridized carbons (Fsp3) is 0.467. The van der Waals surface area contributed by atoms with Crippen molar-refractivity contribution >= 4 is 17.5 Å². The van der Waals surface area contributed by atoms with Gasteiger partial charge in [0.1, 0.15) is 11.0 Å². The summed E-state index contributed by atoms with van der Waals surface area (Å²) < 4.78 is 1.50. The molecule has 1 aliphatic rings. The normalized spacial score (nSPS) is 17.9. The van der Waals surface area contributed by atoms with E-state index in [0.717, 1.165) is 18.8 Å². The Bertz CT molecular complexity index is 669. The van der Waals surface area contributed by atoms with Crippen molar-refractivity contribution in [2.45, 2.75) is 19.0 Å². The van der Waals surface area contributed by atoms with Crippen LogP contribution in [0, 0.1) is 0 Å². The topological polar surface area (TPSA) is 67.2 Å². The van der Waals surface area contributed by atoms with Gasteiger partial charge in [0.15, 0.2) is 5.69 Å². The van der Waals surface area contributed by atoms with Gasteiger partial charge >= 0.3 is 0 Å². The van der Waals surface area contributed by atoms with Gasteiger partial charge in [-0.15, -0.1) is 0 Å². The molecule has 3 rings (SSSR count). The third-order valence-electron chi connectivity index (χ3n) is 4.13. The smallest absolute Gasteiger partial charge is 0.274 e. The quantitative estimate of drug-likeness (QED) is 0.840. The Hall–Kier alpha value is -1.99. The third-order valence-corrected chi connectivity index (χ3v) is 4.48. The molecule has 1 amide bonds. The van der Waals surface area contributed by atoms with E-state index in [9.17, 15) is 4.79 Å². The van der Waals surface area contributed by atoms with Crippen LogP contribution < -0.4 is 0 Å². The van der Waals surface area contributed by atoms with Crippen molar-refractivity contribution in [3.63, 3.8) is 0 Å². The second-order valence-corrected chi connectivity index (χ2v) is 6.14. The Balaban J connectivity index is 1.60. The zero-order chi connectivity index (χ0) is 16.4. The SMILES string of the molecule is CN(Cc1ncccn1)C1CCN(C(=O)c2cc(Cl)n(C)n2)C1. The summed E-state index contributed by atoms with van der Waals surface area (Å²) in [5.74, 6) is 0.718. The van der Waals surface area contributed by atoms with E-state index in [1.807, 2.05) is 11.9 Å². The van der Waals surface area contributed by atoms with Gasteiger partial charge in [-0.05, 0) is 19.5 Å². The molecular formula is C15H19ClN6O. The minimum Gasteiger partial charge on any atom is -0.336 e. The van der Waals surface area contributed by atoms with E-state index < -0.39 is 0 Å². The number of rotatable bonds is 4. The van der Waals surface area contributed by atoms with Crippen molar-refractivity contribution in [2.75, 3.05) is 20.1 Å². The Kier molecular flexibility index (Phi) is 4.58. The molecule has 0 aliphatic carbocycles. The number of aromatic nitrogens is 4. The van der Waals surface area contributed by atoms with Crippen LogP contribution in [0.3, 0.4) is 0 Å². The molecule has 0 saturated carbocycles. The van der Waals surface area contributed by atoms with Gasteiger partial charge in [0.05, 0.1) is 6.54 Å². The molecule has 0 bridgehead atoms. The number of amides is 1. The van der Waals surface area contributed by atoms with Crippen LogP contribution in [0.1, 0.15) is 22.7 Å². The minimum absolute atomic E-state index is 0.0700. The average Bonchev–Trinajstić information content (AvgIpc) is 3.15. The molecule has 2 aromatic heterocycles. The van der Waals surface area contributed by atoms with E-state index in [0.29, 0.717) is 30.0 Å². The molecule has 8 heteroatoms. The minimum atomic E-state index is -0.0700. The second-order valence-electron chi connectivity index (χ2n) is 5.75. The monoisotopic (exact) mass is 334 g/mol. The molecule has 3 heterocycles. The first-order valence-corrected chi connectivity index (χ1v) is 7.87. The Morgan fingerprint density at radius 2 is 2.17 bits per heavy atom. The number of nitrogens with zero attached hydrogens (tertiary/aromatic N) is 6. The van der Waals surface area contributed by atoms with Crippen molar-refractivity contribution in [3.8, 4) is 0 Å². The lowest BCUT2D eigenvalue weighted by Gasteiger charge is -2.23. The van der Waals surface area contributed by atoms with Gasteiger partial charge in [-0.2, -0.15) is 5.10 Å². The van der Waals surface area contributed by atoms with Gasteiger partial charge in [-0.3, -0.25) is 14.4 Å². The maximum atomic E-state index is 12.5. The molecule has 1 aliphatic heterocycles. The fourth-order valence-corrected chi connectivity index (χ4v) is 2.90. The van der Waals surface area contributed by atoms with Crippen molar-refractivity contribution in [3.05, 3.63) is 41.2 Å². The molecule has 1 unspecified atom stereocenters. The van der Waals surface area contributed by atoms with Crippen LogP contribution >= 0.6 is 11.6 Å². The van der Waals surface area contributed by atoms with Crippen LogP contribution in [-0.4, -0.2) is 61.6 Å². The Labute approximate surface area is 139 Å². The highest BCUT2D eigenvalue weighted by atomic mass is 35.5. The number of carbonyl (C=O) groups is 1. The molecule has 1 saturated heterocycles. The number of carbonyl (C=O) groups excluding carboxylic acids is 1. The lowest BCUT2D eigenvalue weighted by atomic mass is 10.2. The zero-order valence-corrected chi connectivity index (χ0v) is 13.9. The van der Waals surface area contributed by atoms with E-state index >= 15 is 0 Å². The summed E-state index contributed by atoms with van der Waals surface area (Å²) in [6, 6.07) is 3.71. The van der Waals surface area contributed by atoms with E-state index in [2.05, 4.69) is 20.0 Å². The maximum Gasteiger partial charge on any atom is 0.274 e. The zero-order valence-electron chi connectivity index (χ0n) is 13.2. The van der Waals surface area contributed by atoms with Crippen LogP contribution in [0.25, 0.3) is 0 Å². The van der Waals surface area contributed by atoms with E-state index in [-0.39, 0.29) is 5.91 Å². The molecule has 0 spiro atoms. The Morgan fingerprint density at radius 3 is 2.83 bits per heavy atom. The summed E-state index contributed by atoms with van der Waals surface area (Å²) in [6.07, 6.45) is 4.41. The van der Waals surface area contributed by atoms with E-state index in [4.69, 9.17) is 11.6 Å². The summed E-state index contributed by atoms with van der Waals surface area (Å²) in [4.78, 5) is 25.0. The van der Waals surface area contributed by atoms with Gasteiger partial charge in [-0.25, -0.2) is 9.97 Å². The summed E-state index contributed by atoms with van der Waals surface area (Å²) in [5.41, 5.74) is 0.396. The third kappa shape index (κ3) is 3.51. The maximum absolute atomic E-state index is 12.5. The largest absolute Gasteiger partial charge is 0.336 e. The molecule has 0 radical (unpaired) electrons. The van der Waals surface area contributed by atoms with Crippen molar-refractivity contribution in [1.29, 1.82) is 0 Å². The van der Waals surface area contributed by atoms with Gasteiger partial charge in [-0.1, -0.05) is 11.6 Å². The number of halogens is 1. The van der Waals surface area contributed by atoms with Gasteiger partial charge in [0.2, 0.25) is 0 Å². The first kappa shape index (κ1) is 15.9. The van der Waals surface area contributed by atoms with Crippen LogP contribution in [0.5, 0.6) is 0 Å². The number of aryl methyl sites for hydroxylation is 1. The standard InChI is InChI=1S/C15H19ClN6O/c1-20(10-14-17-5-3-6-18-14)11-4-7-22(9-11)15(23)12-8-13(16)21(2)19-12/h3,5-6,8,11H,4,7,9-10H2,1-2H3. The molecule has 2 aromatic rings. The van der Waals surface area contributed by atoms with Crippen LogP contribution in [0.4, 0.5) is 0 Å². The summed E-state index contributed by atoms with van der Waals surface area (Å²) in [5, 5.41) is 4.61. The number of likely N-dealkylation sites (N-methyl/N-ethyl adjacent to an activating group) is 1. The molecule has 0 N–H and O–H groups in total. The van der Waals surface area contributed by atoms with Gasteiger partial charge < -0.3 is 4.90 Å². The highest BCUT2D eigenvalue weighted by Crippen LogP contribution is 2.19. The van der Waals surface area contributed by atoms with E-state index in [1.165, 1.54) is 4.68 Å². The number of hydrogen-bond acceptors (Lipinski definition) is 5. The predicted octanol–water partition coefficient (Wildman–Crippen LogP) is 1.21. The lowest BCUT2D eigenvalue weighted by molar-refractivity contribution is 0.0772. The van der Waals surface area contributed by atoms with Crippen LogP contribution in [-0.2, 0) is 13.6 Å². The molecule has 0 aromatic carbocycles. The summed E-state index contributed by atoms with van der Waals surface area (Å²) in [7, 11) is 3.76. The van der Waals surface area contributed by atoms with Crippen molar-refractivity contribution in [2.24, 2.45) is 7.05 Å². The van der Waals surface area contributed by atoms with E-state index in [1.54, 1.807) is 31.6 Å². The summed E-state index contributed by atoms with van der Waals surface area (Å²) >= 11 is 5.96. The van der Waals surface area contributed by atoms with Crippen LogP contribution in [0.15, 0.2) is 24.5 Å². The highest BCUT2D eigenvalue weighted by Gasteiger charge is 2.30. The van der Waals surface area contributed by atoms with Gasteiger partial charge in [0, 0.05) is 44.6 Å². The Morgan fingerprint density at radius 1 is 1.43 bits per heavy atom. The average molecular weight is 335 g/mol. The molecule has 1 atom stereocenters. The second kappa shape index (κ2) is 6.64. The summed E-state index contributed by atoms with van der Waals surface area (Å²) in [6.45, 7) is 2.07. The van der Waals surface area contributed by atoms with Gasteiger partial charge in [0.25, 0.3) is 5.91 Å². The molecule has 1 fully saturated rings. The first-order chi connectivity index (χ1) is 11.0. The fourth-order valence-electron chi connectivity index (χ4n) is 2.76. The highest BCUT2D eigenvalue weighted by molar-refractivity contribution is 6.29. The van der Waals surface area contributed by atoms with Crippen molar-refractivity contribution < 1.29 is 4.79 Å². The van der Waals surface area contributed by atoms with Crippen LogP contribution in [0.2, 0.25) is 5.15 Å². The molecular weight excluding hydrogens is 316 g/mol. The number of likely N-dealkylation sites (tertiary alicyclic amines) is 1. The van der Waals surface area contributed by atoms with Crippen molar-refractivity contribution in [1.82, 2.24) is 29.5 Å². The molecule has 23 heavy (non-hydrogen) atoms. The lowest BCUT2D eigenvalue weighted by Crippen LogP contribution is -2.36. The predicted molar refractivity (Wildman–Crippen MR) is 86.0 cm³/mol. The first-order valence-electron chi connectivity index (χ1n) is 7.49. The molecule has 7 nitrogen and oxygen atoms in total.